The highest BCUT2D eigenvalue weighted by Crippen LogP contribution is 2.22. The van der Waals surface area contributed by atoms with Crippen molar-refractivity contribution in [2.24, 2.45) is 0 Å². The molecule has 1 saturated heterocycles. The molecule has 0 bridgehead atoms. The number of aryl methyl sites for hydroxylation is 2. The van der Waals surface area contributed by atoms with Gasteiger partial charge in [0.15, 0.2) is 0 Å². The zero-order valence-electron chi connectivity index (χ0n) is 13.9. The number of aromatic nitrogens is 1. The maximum Gasteiger partial charge on any atom is 0.247 e. The molecule has 6 heteroatoms. The molecule has 1 aromatic carbocycles. The number of hydrogen-bond donors (Lipinski definition) is 1. The molecule has 2 aromatic rings. The van der Waals surface area contributed by atoms with E-state index in [4.69, 9.17) is 4.52 Å². The summed E-state index contributed by atoms with van der Waals surface area (Å²) in [6, 6.07) is 8.88. The highest BCUT2D eigenvalue weighted by atomic mass is 16.5. The second-order valence-electron chi connectivity index (χ2n) is 6.08. The Balaban J connectivity index is 1.68. The van der Waals surface area contributed by atoms with Gasteiger partial charge in [0.05, 0.1) is 12.1 Å². The van der Waals surface area contributed by atoms with Crippen LogP contribution in [-0.2, 0) is 16.0 Å². The lowest BCUT2D eigenvalue weighted by atomic mass is 10.1. The predicted octanol–water partition coefficient (Wildman–Crippen LogP) is 2.46. The van der Waals surface area contributed by atoms with Crippen molar-refractivity contribution < 1.29 is 14.1 Å². The van der Waals surface area contributed by atoms with Crippen LogP contribution in [0.15, 0.2) is 34.9 Å². The molecule has 0 saturated carbocycles. The van der Waals surface area contributed by atoms with Gasteiger partial charge in [0.2, 0.25) is 11.8 Å². The molecule has 0 spiro atoms. The average Bonchev–Trinajstić information content (AvgIpc) is 3.18. The van der Waals surface area contributed by atoms with E-state index >= 15 is 0 Å². The van der Waals surface area contributed by atoms with Crippen molar-refractivity contribution in [3.63, 3.8) is 0 Å². The average molecular weight is 327 g/mol. The number of rotatable bonds is 4. The minimum atomic E-state index is -0.418. The SMILES string of the molecule is Cc1noc(C)c1CC(=O)N1CCCC1C(=O)Nc1ccccc1. The summed E-state index contributed by atoms with van der Waals surface area (Å²) in [5.41, 5.74) is 2.28. The van der Waals surface area contributed by atoms with Gasteiger partial charge in [-0.1, -0.05) is 23.4 Å². The summed E-state index contributed by atoms with van der Waals surface area (Å²) in [6.07, 6.45) is 1.74. The Hall–Kier alpha value is -2.63. The number of likely N-dealkylation sites (tertiary alicyclic amines) is 1. The molecule has 0 aliphatic carbocycles. The quantitative estimate of drug-likeness (QED) is 0.936. The van der Waals surface area contributed by atoms with Gasteiger partial charge in [0.1, 0.15) is 11.8 Å². The Kier molecular flexibility index (Phi) is 4.64. The van der Waals surface area contributed by atoms with Crippen molar-refractivity contribution in [2.75, 3.05) is 11.9 Å². The summed E-state index contributed by atoms with van der Waals surface area (Å²) in [4.78, 5) is 26.9. The summed E-state index contributed by atoms with van der Waals surface area (Å²) in [6.45, 7) is 4.23. The summed E-state index contributed by atoms with van der Waals surface area (Å²) in [5, 5.41) is 6.77. The van der Waals surface area contributed by atoms with Crippen LogP contribution in [0.25, 0.3) is 0 Å². The Labute approximate surface area is 140 Å². The molecule has 1 aliphatic heterocycles. The van der Waals surface area contributed by atoms with Crippen LogP contribution >= 0.6 is 0 Å². The first-order chi connectivity index (χ1) is 11.6. The normalized spacial score (nSPS) is 17.1. The molecule has 1 atom stereocenters. The third kappa shape index (κ3) is 3.32. The summed E-state index contributed by atoms with van der Waals surface area (Å²) < 4.78 is 5.11. The third-order valence-electron chi connectivity index (χ3n) is 4.43. The molecule has 1 fully saturated rings. The summed E-state index contributed by atoms with van der Waals surface area (Å²) >= 11 is 0. The molecule has 3 rings (SSSR count). The first-order valence-electron chi connectivity index (χ1n) is 8.13. The standard InChI is InChI=1S/C18H21N3O3/c1-12-15(13(2)24-20-12)11-17(22)21-10-6-9-16(21)18(23)19-14-7-4-3-5-8-14/h3-5,7-8,16H,6,9-11H2,1-2H3,(H,19,23). The Morgan fingerprint density at radius 2 is 2.04 bits per heavy atom. The fraction of sp³-hybridized carbons (Fsp3) is 0.389. The highest BCUT2D eigenvalue weighted by Gasteiger charge is 2.34. The van der Waals surface area contributed by atoms with Crippen molar-refractivity contribution in [2.45, 2.75) is 39.2 Å². The van der Waals surface area contributed by atoms with E-state index in [2.05, 4.69) is 10.5 Å². The number of amides is 2. The van der Waals surface area contributed by atoms with Gasteiger partial charge >= 0.3 is 0 Å². The summed E-state index contributed by atoms with van der Waals surface area (Å²) in [7, 11) is 0. The lowest BCUT2D eigenvalue weighted by Crippen LogP contribution is -2.43. The molecule has 1 aromatic heterocycles. The van der Waals surface area contributed by atoms with Gasteiger partial charge in [0.25, 0.3) is 0 Å². The highest BCUT2D eigenvalue weighted by molar-refractivity contribution is 5.97. The number of nitrogens with one attached hydrogen (secondary N) is 1. The maximum atomic E-state index is 12.7. The Morgan fingerprint density at radius 3 is 2.71 bits per heavy atom. The molecule has 1 N–H and O–H groups in total. The molecule has 6 nitrogen and oxygen atoms in total. The van der Waals surface area contributed by atoms with E-state index in [1.807, 2.05) is 37.3 Å². The number of para-hydroxylation sites is 1. The number of anilines is 1. The number of benzene rings is 1. The van der Waals surface area contributed by atoms with E-state index in [9.17, 15) is 9.59 Å². The molecule has 24 heavy (non-hydrogen) atoms. The van der Waals surface area contributed by atoms with Gasteiger partial charge in [-0.25, -0.2) is 0 Å². The zero-order chi connectivity index (χ0) is 17.1. The Morgan fingerprint density at radius 1 is 1.29 bits per heavy atom. The smallest absolute Gasteiger partial charge is 0.247 e. The molecule has 2 amide bonds. The fourth-order valence-corrected chi connectivity index (χ4v) is 3.09. The molecule has 1 unspecified atom stereocenters. The van der Waals surface area contributed by atoms with E-state index in [0.717, 1.165) is 23.4 Å². The monoisotopic (exact) mass is 327 g/mol. The van der Waals surface area contributed by atoms with E-state index in [-0.39, 0.29) is 18.2 Å². The van der Waals surface area contributed by atoms with Crippen LogP contribution in [-0.4, -0.2) is 34.5 Å². The Bertz CT molecular complexity index is 720. The molecular formula is C18H21N3O3. The van der Waals surface area contributed by atoms with Crippen LogP contribution < -0.4 is 5.32 Å². The van der Waals surface area contributed by atoms with Crippen molar-refractivity contribution in [3.05, 3.63) is 47.3 Å². The second kappa shape index (κ2) is 6.86. The fourth-order valence-electron chi connectivity index (χ4n) is 3.09. The van der Waals surface area contributed by atoms with Gasteiger partial charge in [-0.3, -0.25) is 9.59 Å². The number of carbonyl (C=O) groups is 2. The van der Waals surface area contributed by atoms with E-state index < -0.39 is 6.04 Å². The predicted molar refractivity (Wildman–Crippen MR) is 89.5 cm³/mol. The molecule has 126 valence electrons. The molecule has 1 aliphatic rings. The van der Waals surface area contributed by atoms with E-state index in [1.54, 1.807) is 11.8 Å². The van der Waals surface area contributed by atoms with Crippen LogP contribution in [0.4, 0.5) is 5.69 Å². The van der Waals surface area contributed by atoms with Crippen molar-refractivity contribution >= 4 is 17.5 Å². The molecule has 2 heterocycles. The van der Waals surface area contributed by atoms with E-state index in [0.29, 0.717) is 18.7 Å². The number of carbonyl (C=O) groups excluding carboxylic acids is 2. The number of nitrogens with zero attached hydrogens (tertiary/aromatic N) is 2. The van der Waals surface area contributed by atoms with Crippen LogP contribution in [0.5, 0.6) is 0 Å². The van der Waals surface area contributed by atoms with Crippen LogP contribution in [0, 0.1) is 13.8 Å². The second-order valence-corrected chi connectivity index (χ2v) is 6.08. The van der Waals surface area contributed by atoms with Crippen molar-refractivity contribution in [1.29, 1.82) is 0 Å². The van der Waals surface area contributed by atoms with Gasteiger partial charge in [-0.2, -0.15) is 0 Å². The topological polar surface area (TPSA) is 75.4 Å². The third-order valence-corrected chi connectivity index (χ3v) is 4.43. The van der Waals surface area contributed by atoms with Crippen LogP contribution in [0.2, 0.25) is 0 Å². The van der Waals surface area contributed by atoms with Crippen LogP contribution in [0.3, 0.4) is 0 Å². The van der Waals surface area contributed by atoms with Gasteiger partial charge in [-0.15, -0.1) is 0 Å². The first kappa shape index (κ1) is 16.2. The largest absolute Gasteiger partial charge is 0.361 e. The van der Waals surface area contributed by atoms with Gasteiger partial charge in [0, 0.05) is 17.8 Å². The van der Waals surface area contributed by atoms with Crippen molar-refractivity contribution in [3.8, 4) is 0 Å². The number of hydrogen-bond acceptors (Lipinski definition) is 4. The first-order valence-corrected chi connectivity index (χ1v) is 8.13. The van der Waals surface area contributed by atoms with Crippen LogP contribution in [0.1, 0.15) is 29.9 Å². The minimum absolute atomic E-state index is 0.0601. The zero-order valence-corrected chi connectivity index (χ0v) is 13.9. The van der Waals surface area contributed by atoms with E-state index in [1.165, 1.54) is 0 Å². The summed E-state index contributed by atoms with van der Waals surface area (Å²) in [5.74, 6) is 0.464. The van der Waals surface area contributed by atoms with Crippen molar-refractivity contribution in [1.82, 2.24) is 10.1 Å². The minimum Gasteiger partial charge on any atom is -0.361 e. The lowest BCUT2D eigenvalue weighted by molar-refractivity contribution is -0.136. The van der Waals surface area contributed by atoms with Gasteiger partial charge in [-0.05, 0) is 38.8 Å². The lowest BCUT2D eigenvalue weighted by Gasteiger charge is -2.24. The molecular weight excluding hydrogens is 306 g/mol. The molecule has 0 radical (unpaired) electrons. The van der Waals surface area contributed by atoms with Gasteiger partial charge < -0.3 is 14.7 Å². The maximum absolute atomic E-state index is 12.7.